The van der Waals surface area contributed by atoms with E-state index in [1.165, 1.54) is 103 Å². The molecule has 0 spiro atoms. The number of hydrogen-bond donors (Lipinski definition) is 4. The van der Waals surface area contributed by atoms with Crippen LogP contribution in [0.2, 0.25) is 0 Å². The Morgan fingerprint density at radius 1 is 0.242 bits per heavy atom. The van der Waals surface area contributed by atoms with Gasteiger partial charge in [-0.2, -0.15) is 0 Å². The van der Waals surface area contributed by atoms with Crippen molar-refractivity contribution in [1.82, 2.24) is 0 Å². The Bertz CT molecular complexity index is 292. The molecule has 0 aromatic heterocycles. The van der Waals surface area contributed by atoms with Crippen LogP contribution < -0.4 is 0 Å². The first-order valence-corrected chi connectivity index (χ1v) is 14.3. The summed E-state index contributed by atoms with van der Waals surface area (Å²) in [5, 5.41) is 36.4. The Labute approximate surface area is 220 Å². The number of aliphatic hydroxyl groups is 4. The van der Waals surface area contributed by atoms with Gasteiger partial charge in [-0.1, -0.05) is 103 Å². The van der Waals surface area contributed by atoms with Crippen molar-refractivity contribution in [2.45, 2.75) is 179 Å². The second-order valence-electron chi connectivity index (χ2n) is 10.6. The zero-order chi connectivity index (χ0) is 23.3. The molecule has 0 saturated heterocycles. The number of hydrogen-bond acceptors (Lipinski definition) is 4. The van der Waals surface area contributed by atoms with Gasteiger partial charge >= 0.3 is 0 Å². The first-order valence-electron chi connectivity index (χ1n) is 14.3. The minimum absolute atomic E-state index is 0. The van der Waals surface area contributed by atoms with E-state index in [0.29, 0.717) is 0 Å². The summed E-state index contributed by atoms with van der Waals surface area (Å²) in [5.41, 5.74) is 0. The van der Waals surface area contributed by atoms with Crippen molar-refractivity contribution in [2.75, 3.05) is 0 Å². The van der Waals surface area contributed by atoms with Crippen LogP contribution in [0.15, 0.2) is 0 Å². The average molecular weight is 638 g/mol. The largest absolute Gasteiger partial charge is 0.393 e. The normalized spacial score (nSPS) is 24.4. The van der Waals surface area contributed by atoms with Gasteiger partial charge in [0.25, 0.3) is 0 Å². The van der Waals surface area contributed by atoms with Gasteiger partial charge in [-0.25, -0.2) is 0 Å². The topological polar surface area (TPSA) is 80.9 Å². The van der Waals surface area contributed by atoms with Crippen molar-refractivity contribution < 1.29 is 42.8 Å². The van der Waals surface area contributed by atoms with Crippen LogP contribution >= 0.6 is 0 Å². The SMILES string of the molecule is OC1CCCCCC1.OC1CCCCCC1.OC1CCCCCC1.OC1CCCCCC1.[Ta]. The minimum Gasteiger partial charge on any atom is -0.393 e. The summed E-state index contributed by atoms with van der Waals surface area (Å²) < 4.78 is 0. The van der Waals surface area contributed by atoms with Gasteiger partial charge in [0.2, 0.25) is 0 Å². The van der Waals surface area contributed by atoms with E-state index in [-0.39, 0.29) is 46.8 Å². The molecule has 4 fully saturated rings. The molecule has 4 nitrogen and oxygen atoms in total. The Hall–Kier alpha value is 0.580. The molecular weight excluding hydrogens is 581 g/mol. The van der Waals surface area contributed by atoms with Gasteiger partial charge in [0.05, 0.1) is 24.4 Å². The van der Waals surface area contributed by atoms with E-state index in [2.05, 4.69) is 0 Å². The summed E-state index contributed by atoms with van der Waals surface area (Å²) in [7, 11) is 0. The fourth-order valence-electron chi connectivity index (χ4n) is 5.03. The Balaban J connectivity index is 0.000000410. The maximum absolute atomic E-state index is 9.09. The Kier molecular flexibility index (Phi) is 24.7. The molecule has 197 valence electrons. The molecule has 0 unspecified atom stereocenters. The van der Waals surface area contributed by atoms with Crippen molar-refractivity contribution in [1.29, 1.82) is 0 Å². The smallest absolute Gasteiger partial charge is 0.0540 e. The van der Waals surface area contributed by atoms with Crippen LogP contribution in [0.4, 0.5) is 0 Å². The molecular formula is C28H56O4Ta. The van der Waals surface area contributed by atoms with Crippen LogP contribution in [-0.2, 0) is 22.4 Å². The summed E-state index contributed by atoms with van der Waals surface area (Å²) in [4.78, 5) is 0. The maximum atomic E-state index is 9.09. The molecule has 0 aromatic rings. The van der Waals surface area contributed by atoms with Crippen molar-refractivity contribution in [3.63, 3.8) is 0 Å². The predicted octanol–water partition coefficient (Wildman–Crippen LogP) is 6.80. The summed E-state index contributed by atoms with van der Waals surface area (Å²) in [6.45, 7) is 0. The fraction of sp³-hybridized carbons (Fsp3) is 1.00. The van der Waals surface area contributed by atoms with E-state index in [1.807, 2.05) is 0 Å². The molecule has 4 saturated carbocycles. The van der Waals surface area contributed by atoms with Crippen LogP contribution in [0.3, 0.4) is 0 Å². The van der Waals surface area contributed by atoms with Crippen LogP contribution in [0, 0.1) is 0 Å². The van der Waals surface area contributed by atoms with Gasteiger partial charge in [0.1, 0.15) is 0 Å². The summed E-state index contributed by atoms with van der Waals surface area (Å²) in [6.07, 6.45) is 29.0. The molecule has 0 aliphatic heterocycles. The molecule has 0 atom stereocenters. The van der Waals surface area contributed by atoms with Crippen molar-refractivity contribution in [3.8, 4) is 0 Å². The third kappa shape index (κ3) is 22.8. The van der Waals surface area contributed by atoms with E-state index in [0.717, 1.165) is 51.4 Å². The average Bonchev–Trinajstić information content (AvgIpc) is 3.35. The molecule has 0 aromatic carbocycles. The van der Waals surface area contributed by atoms with Crippen molar-refractivity contribution in [2.24, 2.45) is 0 Å². The van der Waals surface area contributed by atoms with Crippen molar-refractivity contribution in [3.05, 3.63) is 0 Å². The molecule has 4 N–H and O–H groups in total. The second kappa shape index (κ2) is 24.3. The fourth-order valence-corrected chi connectivity index (χ4v) is 5.03. The van der Waals surface area contributed by atoms with Crippen LogP contribution in [-0.4, -0.2) is 44.8 Å². The van der Waals surface area contributed by atoms with Gasteiger partial charge in [-0.15, -0.1) is 0 Å². The summed E-state index contributed by atoms with van der Waals surface area (Å²) in [5.74, 6) is 0. The monoisotopic (exact) mass is 637 g/mol. The molecule has 5 heteroatoms. The van der Waals surface area contributed by atoms with Gasteiger partial charge in [-0.3, -0.25) is 0 Å². The zero-order valence-corrected chi connectivity index (χ0v) is 24.7. The quantitative estimate of drug-likeness (QED) is 0.220. The predicted molar refractivity (Wildman–Crippen MR) is 135 cm³/mol. The van der Waals surface area contributed by atoms with Crippen LogP contribution in [0.1, 0.15) is 154 Å². The Morgan fingerprint density at radius 2 is 0.364 bits per heavy atom. The van der Waals surface area contributed by atoms with E-state index >= 15 is 0 Å². The second-order valence-corrected chi connectivity index (χ2v) is 10.6. The first-order chi connectivity index (χ1) is 15.6. The van der Waals surface area contributed by atoms with Crippen LogP contribution in [0.5, 0.6) is 0 Å². The summed E-state index contributed by atoms with van der Waals surface area (Å²) >= 11 is 0. The number of aliphatic hydroxyl groups excluding tert-OH is 4. The Morgan fingerprint density at radius 3 is 0.485 bits per heavy atom. The van der Waals surface area contributed by atoms with Crippen molar-refractivity contribution >= 4 is 0 Å². The number of rotatable bonds is 0. The molecule has 0 bridgehead atoms. The zero-order valence-electron chi connectivity index (χ0n) is 21.5. The molecule has 4 aliphatic carbocycles. The van der Waals surface area contributed by atoms with E-state index in [1.54, 1.807) is 0 Å². The van der Waals surface area contributed by atoms with Gasteiger partial charge in [0, 0.05) is 22.4 Å². The molecule has 0 amide bonds. The third-order valence-electron chi connectivity index (χ3n) is 7.30. The molecule has 4 rings (SSSR count). The van der Waals surface area contributed by atoms with E-state index in [4.69, 9.17) is 20.4 Å². The molecule has 4 aliphatic rings. The van der Waals surface area contributed by atoms with E-state index in [9.17, 15) is 0 Å². The first kappa shape index (κ1) is 33.6. The van der Waals surface area contributed by atoms with Gasteiger partial charge in [0.15, 0.2) is 0 Å². The van der Waals surface area contributed by atoms with Crippen LogP contribution in [0.25, 0.3) is 0 Å². The summed E-state index contributed by atoms with van der Waals surface area (Å²) in [6, 6.07) is 0. The standard InChI is InChI=1S/4C7H14O.Ta/c4*8-7-5-3-1-2-4-6-7;/h4*7-8H,1-6H2;. The van der Waals surface area contributed by atoms with Gasteiger partial charge < -0.3 is 20.4 Å². The van der Waals surface area contributed by atoms with Gasteiger partial charge in [-0.05, 0) is 51.4 Å². The molecule has 0 heterocycles. The molecule has 1 radical (unpaired) electrons. The minimum atomic E-state index is 0. The maximum Gasteiger partial charge on any atom is 0.0540 e. The van der Waals surface area contributed by atoms with E-state index < -0.39 is 0 Å². The third-order valence-corrected chi connectivity index (χ3v) is 7.30. The molecule has 33 heavy (non-hydrogen) atoms.